The summed E-state index contributed by atoms with van der Waals surface area (Å²) in [6, 6.07) is 1.91. The van der Waals surface area contributed by atoms with E-state index in [4.69, 9.17) is 0 Å². The average Bonchev–Trinajstić information content (AvgIpc) is 3.39. The molecule has 1 aliphatic carbocycles. The van der Waals surface area contributed by atoms with E-state index in [1.807, 2.05) is 23.4 Å². The van der Waals surface area contributed by atoms with Crippen LogP contribution < -0.4 is 0 Å². The van der Waals surface area contributed by atoms with Crippen molar-refractivity contribution in [2.45, 2.75) is 51.5 Å². The van der Waals surface area contributed by atoms with Crippen LogP contribution in [-0.4, -0.2) is 48.6 Å². The highest BCUT2D eigenvalue weighted by Gasteiger charge is 2.30. The fraction of sp³-hybridized carbons (Fsp3) is 0.588. The number of rotatable bonds is 3. The summed E-state index contributed by atoms with van der Waals surface area (Å²) in [7, 11) is 0. The van der Waals surface area contributed by atoms with Crippen LogP contribution in [0.25, 0.3) is 0 Å². The van der Waals surface area contributed by atoms with Crippen molar-refractivity contribution in [1.82, 2.24) is 29.6 Å². The first kappa shape index (κ1) is 15.2. The van der Waals surface area contributed by atoms with Gasteiger partial charge in [0.2, 0.25) is 0 Å². The molecule has 126 valence electrons. The van der Waals surface area contributed by atoms with E-state index >= 15 is 0 Å². The van der Waals surface area contributed by atoms with Gasteiger partial charge in [-0.05, 0) is 45.6 Å². The largest absolute Gasteiger partial charge is 0.335 e. The molecule has 0 bridgehead atoms. The summed E-state index contributed by atoms with van der Waals surface area (Å²) in [6.07, 6.45) is 5.96. The van der Waals surface area contributed by atoms with E-state index in [0.29, 0.717) is 18.2 Å². The average molecular weight is 326 g/mol. The molecule has 7 heteroatoms. The van der Waals surface area contributed by atoms with Crippen LogP contribution in [0.15, 0.2) is 12.3 Å². The van der Waals surface area contributed by atoms with E-state index in [0.717, 1.165) is 49.7 Å². The molecule has 1 saturated heterocycles. The van der Waals surface area contributed by atoms with Crippen molar-refractivity contribution < 1.29 is 4.79 Å². The third-order valence-electron chi connectivity index (χ3n) is 4.77. The molecule has 2 aromatic rings. The monoisotopic (exact) mass is 326 g/mol. The number of amides is 1. The van der Waals surface area contributed by atoms with E-state index in [2.05, 4.69) is 20.1 Å². The molecule has 0 aromatic carbocycles. The molecule has 1 atom stereocenters. The Kier molecular flexibility index (Phi) is 3.78. The highest BCUT2D eigenvalue weighted by Crippen LogP contribution is 2.37. The molecule has 2 aliphatic rings. The van der Waals surface area contributed by atoms with E-state index in [1.165, 1.54) is 0 Å². The molecule has 4 rings (SSSR count). The van der Waals surface area contributed by atoms with Gasteiger partial charge in [0.05, 0.1) is 6.04 Å². The summed E-state index contributed by atoms with van der Waals surface area (Å²) in [4.78, 5) is 27.9. The minimum atomic E-state index is -0.00140. The predicted molar refractivity (Wildman–Crippen MR) is 87.7 cm³/mol. The van der Waals surface area contributed by atoms with Crippen molar-refractivity contribution in [3.05, 3.63) is 35.4 Å². The molecular weight excluding hydrogens is 304 g/mol. The van der Waals surface area contributed by atoms with Crippen molar-refractivity contribution in [3.8, 4) is 0 Å². The molecule has 7 nitrogen and oxygen atoms in total. The number of hydrogen-bond acceptors (Lipinski definition) is 5. The maximum Gasteiger partial charge on any atom is 0.272 e. The highest BCUT2D eigenvalue weighted by molar-refractivity contribution is 5.92. The highest BCUT2D eigenvalue weighted by atomic mass is 16.2. The van der Waals surface area contributed by atoms with Gasteiger partial charge in [-0.3, -0.25) is 4.79 Å². The first-order chi connectivity index (χ1) is 11.6. The number of nitrogens with zero attached hydrogens (tertiary/aromatic N) is 6. The van der Waals surface area contributed by atoms with Gasteiger partial charge in [-0.1, -0.05) is 0 Å². The van der Waals surface area contributed by atoms with Crippen LogP contribution in [0.3, 0.4) is 0 Å². The topological polar surface area (TPSA) is 76.8 Å². The van der Waals surface area contributed by atoms with E-state index < -0.39 is 0 Å². The Bertz CT molecular complexity index is 766. The van der Waals surface area contributed by atoms with Crippen molar-refractivity contribution in [1.29, 1.82) is 0 Å². The molecule has 0 N–H and O–H groups in total. The molecule has 1 amide bonds. The third-order valence-corrected chi connectivity index (χ3v) is 4.77. The minimum absolute atomic E-state index is 0.00140. The predicted octanol–water partition coefficient (Wildman–Crippen LogP) is 2.04. The summed E-state index contributed by atoms with van der Waals surface area (Å²) >= 11 is 0. The van der Waals surface area contributed by atoms with Crippen LogP contribution in [0.5, 0.6) is 0 Å². The molecule has 2 aromatic heterocycles. The lowest BCUT2D eigenvalue weighted by molar-refractivity contribution is 0.0664. The van der Waals surface area contributed by atoms with Crippen LogP contribution in [0.2, 0.25) is 0 Å². The number of likely N-dealkylation sites (tertiary alicyclic amines) is 1. The van der Waals surface area contributed by atoms with Gasteiger partial charge in [0, 0.05) is 25.2 Å². The van der Waals surface area contributed by atoms with Crippen molar-refractivity contribution >= 4 is 5.91 Å². The number of aromatic nitrogens is 5. The summed E-state index contributed by atoms with van der Waals surface area (Å²) < 4.78 is 1.96. The molecule has 1 aliphatic heterocycles. The lowest BCUT2D eigenvalue weighted by Gasteiger charge is -2.33. The summed E-state index contributed by atoms with van der Waals surface area (Å²) in [5.74, 6) is 2.95. The zero-order valence-corrected chi connectivity index (χ0v) is 14.1. The van der Waals surface area contributed by atoms with Gasteiger partial charge in [0.25, 0.3) is 5.91 Å². The van der Waals surface area contributed by atoms with Crippen LogP contribution in [0.4, 0.5) is 0 Å². The Balaban J connectivity index is 1.52. The van der Waals surface area contributed by atoms with Gasteiger partial charge in [-0.2, -0.15) is 5.10 Å². The second kappa shape index (κ2) is 5.96. The molecule has 0 spiro atoms. The Labute approximate surface area is 141 Å². The number of carbonyl (C=O) groups excluding carboxylic acids is 1. The molecule has 0 radical (unpaired) electrons. The Morgan fingerprint density at radius 2 is 2.04 bits per heavy atom. The van der Waals surface area contributed by atoms with Crippen LogP contribution >= 0.6 is 0 Å². The molecule has 24 heavy (non-hydrogen) atoms. The van der Waals surface area contributed by atoms with Crippen LogP contribution in [-0.2, 0) is 0 Å². The lowest BCUT2D eigenvalue weighted by atomic mass is 10.1. The Hall–Kier alpha value is -2.31. The molecule has 1 saturated carbocycles. The second-order valence-corrected chi connectivity index (χ2v) is 6.77. The fourth-order valence-corrected chi connectivity index (χ4v) is 3.41. The normalized spacial score (nSPS) is 21.1. The standard InChI is InChI=1S/C17H22N6O/c1-11-19-12(2)23(21-11)14-4-3-9-22(10-14)17(24)15-7-8-18-16(20-15)13-5-6-13/h7-8,13-14H,3-6,9-10H2,1-2H3/t14-/m1/s1. The van der Waals surface area contributed by atoms with Crippen molar-refractivity contribution in [2.75, 3.05) is 13.1 Å². The van der Waals surface area contributed by atoms with Gasteiger partial charge < -0.3 is 4.90 Å². The van der Waals surface area contributed by atoms with Gasteiger partial charge in [-0.15, -0.1) is 0 Å². The number of piperidine rings is 1. The minimum Gasteiger partial charge on any atom is -0.335 e. The lowest BCUT2D eigenvalue weighted by Crippen LogP contribution is -2.41. The Morgan fingerprint density at radius 3 is 2.75 bits per heavy atom. The fourth-order valence-electron chi connectivity index (χ4n) is 3.41. The first-order valence-electron chi connectivity index (χ1n) is 8.64. The SMILES string of the molecule is Cc1nc(C)n([C@@H]2CCCN(C(=O)c3ccnc(C4CC4)n3)C2)n1. The molecule has 2 fully saturated rings. The van der Waals surface area contributed by atoms with E-state index in [9.17, 15) is 4.79 Å². The second-order valence-electron chi connectivity index (χ2n) is 6.77. The van der Waals surface area contributed by atoms with E-state index in [1.54, 1.807) is 12.3 Å². The van der Waals surface area contributed by atoms with Gasteiger partial charge in [-0.25, -0.2) is 19.6 Å². The molecule has 0 unspecified atom stereocenters. The number of hydrogen-bond donors (Lipinski definition) is 0. The maximum atomic E-state index is 12.9. The van der Waals surface area contributed by atoms with Crippen molar-refractivity contribution in [2.24, 2.45) is 0 Å². The Morgan fingerprint density at radius 1 is 1.21 bits per heavy atom. The van der Waals surface area contributed by atoms with Crippen molar-refractivity contribution in [3.63, 3.8) is 0 Å². The van der Waals surface area contributed by atoms with Gasteiger partial charge in [0.1, 0.15) is 23.2 Å². The van der Waals surface area contributed by atoms with Crippen LogP contribution in [0, 0.1) is 13.8 Å². The third kappa shape index (κ3) is 2.90. The first-order valence-corrected chi connectivity index (χ1v) is 8.64. The van der Waals surface area contributed by atoms with Gasteiger partial charge >= 0.3 is 0 Å². The maximum absolute atomic E-state index is 12.9. The zero-order valence-electron chi connectivity index (χ0n) is 14.1. The smallest absolute Gasteiger partial charge is 0.272 e. The molecule has 3 heterocycles. The quantitative estimate of drug-likeness (QED) is 0.862. The molecular formula is C17H22N6O. The zero-order chi connectivity index (χ0) is 16.7. The van der Waals surface area contributed by atoms with E-state index in [-0.39, 0.29) is 11.9 Å². The summed E-state index contributed by atoms with van der Waals surface area (Å²) in [5.41, 5.74) is 0.513. The summed E-state index contributed by atoms with van der Waals surface area (Å²) in [6.45, 7) is 5.29. The van der Waals surface area contributed by atoms with Crippen LogP contribution in [0.1, 0.15) is 65.6 Å². The number of carbonyl (C=O) groups is 1. The van der Waals surface area contributed by atoms with Gasteiger partial charge in [0.15, 0.2) is 0 Å². The number of aryl methyl sites for hydroxylation is 2. The summed E-state index contributed by atoms with van der Waals surface area (Å²) in [5, 5.41) is 4.49.